The lowest BCUT2D eigenvalue weighted by molar-refractivity contribution is 0.0701. The standard InChI is InChI=1S/C19H16ClNO4S/c1-12-17(19(22)23)26-18(21-12)15-11-13(20)7-8-16(15)25-10-9-24-14-5-3-2-4-6-14/h2-8,11H,9-10H2,1H3,(H,22,23). The minimum atomic E-state index is -0.994. The number of rotatable bonds is 7. The van der Waals surface area contributed by atoms with Crippen molar-refractivity contribution in [3.63, 3.8) is 0 Å². The van der Waals surface area contributed by atoms with Gasteiger partial charge in [0.25, 0.3) is 0 Å². The maximum Gasteiger partial charge on any atom is 0.347 e. The number of benzene rings is 2. The van der Waals surface area contributed by atoms with Crippen molar-refractivity contribution >= 4 is 28.9 Å². The van der Waals surface area contributed by atoms with Gasteiger partial charge in [0.1, 0.15) is 34.6 Å². The molecule has 3 aromatic rings. The summed E-state index contributed by atoms with van der Waals surface area (Å²) in [5, 5.41) is 10.3. The van der Waals surface area contributed by atoms with Crippen molar-refractivity contribution in [1.29, 1.82) is 0 Å². The zero-order valence-corrected chi connectivity index (χ0v) is 15.5. The molecule has 1 heterocycles. The van der Waals surface area contributed by atoms with E-state index in [1.54, 1.807) is 25.1 Å². The summed E-state index contributed by atoms with van der Waals surface area (Å²) in [6.45, 7) is 2.38. The lowest BCUT2D eigenvalue weighted by Crippen LogP contribution is -2.09. The molecule has 0 radical (unpaired) electrons. The molecule has 1 aromatic heterocycles. The minimum absolute atomic E-state index is 0.207. The second-order valence-electron chi connectivity index (χ2n) is 5.39. The van der Waals surface area contributed by atoms with Gasteiger partial charge in [-0.2, -0.15) is 0 Å². The number of para-hydroxylation sites is 1. The average Bonchev–Trinajstić information content (AvgIpc) is 3.02. The predicted octanol–water partition coefficient (Wildman–Crippen LogP) is 4.93. The Labute approximate surface area is 159 Å². The lowest BCUT2D eigenvalue weighted by Gasteiger charge is -2.11. The molecule has 0 aliphatic carbocycles. The van der Waals surface area contributed by atoms with Gasteiger partial charge in [-0.3, -0.25) is 0 Å². The smallest absolute Gasteiger partial charge is 0.347 e. The average molecular weight is 390 g/mol. The van der Waals surface area contributed by atoms with E-state index in [9.17, 15) is 9.90 Å². The molecule has 2 aromatic carbocycles. The van der Waals surface area contributed by atoms with Crippen molar-refractivity contribution in [3.8, 4) is 22.1 Å². The Morgan fingerprint density at radius 3 is 2.58 bits per heavy atom. The van der Waals surface area contributed by atoms with E-state index in [0.29, 0.717) is 40.3 Å². The highest BCUT2D eigenvalue weighted by Crippen LogP contribution is 2.36. The summed E-state index contributed by atoms with van der Waals surface area (Å²) in [6, 6.07) is 14.7. The predicted molar refractivity (Wildman–Crippen MR) is 102 cm³/mol. The molecule has 26 heavy (non-hydrogen) atoms. The fourth-order valence-electron chi connectivity index (χ4n) is 2.33. The number of carbonyl (C=O) groups is 1. The van der Waals surface area contributed by atoms with Crippen molar-refractivity contribution in [2.24, 2.45) is 0 Å². The number of aryl methyl sites for hydroxylation is 1. The fraction of sp³-hybridized carbons (Fsp3) is 0.158. The first-order chi connectivity index (χ1) is 12.5. The van der Waals surface area contributed by atoms with Crippen molar-refractivity contribution in [2.45, 2.75) is 6.92 Å². The SMILES string of the molecule is Cc1nc(-c2cc(Cl)ccc2OCCOc2ccccc2)sc1C(=O)O. The van der Waals surface area contributed by atoms with E-state index in [1.807, 2.05) is 30.3 Å². The molecule has 0 unspecified atom stereocenters. The summed E-state index contributed by atoms with van der Waals surface area (Å²) in [4.78, 5) is 15.8. The topological polar surface area (TPSA) is 68.7 Å². The number of carboxylic acids is 1. The van der Waals surface area contributed by atoms with Gasteiger partial charge in [0, 0.05) is 5.02 Å². The number of halogens is 1. The van der Waals surface area contributed by atoms with Crippen LogP contribution in [0.3, 0.4) is 0 Å². The van der Waals surface area contributed by atoms with E-state index in [-0.39, 0.29) is 4.88 Å². The van der Waals surface area contributed by atoms with E-state index in [2.05, 4.69) is 4.98 Å². The summed E-state index contributed by atoms with van der Waals surface area (Å²) >= 11 is 7.20. The van der Waals surface area contributed by atoms with Crippen LogP contribution in [0.5, 0.6) is 11.5 Å². The second-order valence-corrected chi connectivity index (χ2v) is 6.82. The quantitative estimate of drug-likeness (QED) is 0.580. The Kier molecular flexibility index (Phi) is 5.75. The molecule has 0 saturated heterocycles. The number of hydrogen-bond donors (Lipinski definition) is 1. The monoisotopic (exact) mass is 389 g/mol. The zero-order chi connectivity index (χ0) is 18.5. The Hall–Kier alpha value is -2.57. The Morgan fingerprint density at radius 1 is 1.15 bits per heavy atom. The van der Waals surface area contributed by atoms with Crippen LogP contribution in [-0.2, 0) is 0 Å². The molecule has 0 fully saturated rings. The van der Waals surface area contributed by atoms with E-state index in [1.165, 1.54) is 0 Å². The van der Waals surface area contributed by atoms with E-state index >= 15 is 0 Å². The molecule has 1 N–H and O–H groups in total. The number of aromatic carboxylic acids is 1. The van der Waals surface area contributed by atoms with E-state index in [0.717, 1.165) is 17.1 Å². The van der Waals surface area contributed by atoms with Gasteiger partial charge in [-0.05, 0) is 37.3 Å². The van der Waals surface area contributed by atoms with Crippen LogP contribution >= 0.6 is 22.9 Å². The summed E-state index contributed by atoms with van der Waals surface area (Å²) in [5.41, 5.74) is 1.13. The van der Waals surface area contributed by atoms with Gasteiger partial charge in [0.15, 0.2) is 0 Å². The number of hydrogen-bond acceptors (Lipinski definition) is 5. The maximum atomic E-state index is 11.3. The van der Waals surface area contributed by atoms with Crippen LogP contribution in [0.4, 0.5) is 0 Å². The second kappa shape index (κ2) is 8.21. The highest BCUT2D eigenvalue weighted by Gasteiger charge is 2.18. The molecule has 3 rings (SSSR count). The Bertz CT molecular complexity index is 911. The van der Waals surface area contributed by atoms with Crippen LogP contribution in [0.1, 0.15) is 15.4 Å². The van der Waals surface area contributed by atoms with Gasteiger partial charge in [0.2, 0.25) is 0 Å². The Balaban J connectivity index is 1.74. The summed E-state index contributed by atoms with van der Waals surface area (Å²) in [7, 11) is 0. The largest absolute Gasteiger partial charge is 0.490 e. The highest BCUT2D eigenvalue weighted by atomic mass is 35.5. The zero-order valence-electron chi connectivity index (χ0n) is 13.9. The van der Waals surface area contributed by atoms with Gasteiger partial charge in [-0.15, -0.1) is 11.3 Å². The number of aromatic nitrogens is 1. The van der Waals surface area contributed by atoms with Gasteiger partial charge in [0.05, 0.1) is 11.3 Å². The third-order valence-corrected chi connectivity index (χ3v) is 4.93. The van der Waals surface area contributed by atoms with Crippen molar-refractivity contribution in [1.82, 2.24) is 4.98 Å². The van der Waals surface area contributed by atoms with Gasteiger partial charge >= 0.3 is 5.97 Å². The Morgan fingerprint density at radius 2 is 1.88 bits per heavy atom. The lowest BCUT2D eigenvalue weighted by atomic mass is 10.2. The van der Waals surface area contributed by atoms with E-state index in [4.69, 9.17) is 21.1 Å². The number of nitrogens with zero attached hydrogens (tertiary/aromatic N) is 1. The summed E-state index contributed by atoms with van der Waals surface area (Å²) in [6.07, 6.45) is 0. The molecule has 0 aliphatic heterocycles. The van der Waals surface area contributed by atoms with Crippen molar-refractivity contribution in [3.05, 3.63) is 64.1 Å². The maximum absolute atomic E-state index is 11.3. The molecule has 0 aliphatic rings. The third kappa shape index (κ3) is 4.33. The molecule has 0 atom stereocenters. The molecule has 7 heteroatoms. The van der Waals surface area contributed by atoms with Crippen LogP contribution in [-0.4, -0.2) is 29.3 Å². The first-order valence-corrected chi connectivity index (χ1v) is 9.05. The molecular weight excluding hydrogens is 374 g/mol. The van der Waals surface area contributed by atoms with Crippen LogP contribution in [0.15, 0.2) is 48.5 Å². The van der Waals surface area contributed by atoms with Crippen LogP contribution < -0.4 is 9.47 Å². The van der Waals surface area contributed by atoms with Crippen molar-refractivity contribution in [2.75, 3.05) is 13.2 Å². The van der Waals surface area contributed by atoms with Crippen LogP contribution in [0, 0.1) is 6.92 Å². The summed E-state index contributed by atoms with van der Waals surface area (Å²) < 4.78 is 11.4. The molecule has 0 spiro atoms. The van der Waals surface area contributed by atoms with E-state index < -0.39 is 5.97 Å². The summed E-state index contributed by atoms with van der Waals surface area (Å²) in [5.74, 6) is 0.359. The molecular formula is C19H16ClNO4S. The molecule has 0 amide bonds. The van der Waals surface area contributed by atoms with Gasteiger partial charge < -0.3 is 14.6 Å². The van der Waals surface area contributed by atoms with Crippen molar-refractivity contribution < 1.29 is 19.4 Å². The van der Waals surface area contributed by atoms with Gasteiger partial charge in [-0.1, -0.05) is 29.8 Å². The van der Waals surface area contributed by atoms with Crippen LogP contribution in [0.25, 0.3) is 10.6 Å². The molecule has 0 bridgehead atoms. The first kappa shape index (κ1) is 18.2. The molecule has 134 valence electrons. The molecule has 5 nitrogen and oxygen atoms in total. The number of thiazole rings is 1. The number of carboxylic acid groups (broad SMARTS) is 1. The minimum Gasteiger partial charge on any atom is -0.490 e. The first-order valence-electron chi connectivity index (χ1n) is 7.86. The molecule has 0 saturated carbocycles. The third-order valence-electron chi connectivity index (χ3n) is 3.52. The number of ether oxygens (including phenoxy) is 2. The van der Waals surface area contributed by atoms with Crippen LogP contribution in [0.2, 0.25) is 5.02 Å². The fourth-order valence-corrected chi connectivity index (χ4v) is 3.43. The normalized spacial score (nSPS) is 10.5. The van der Waals surface area contributed by atoms with Gasteiger partial charge in [-0.25, -0.2) is 9.78 Å². The highest BCUT2D eigenvalue weighted by molar-refractivity contribution is 7.17.